The topological polar surface area (TPSA) is 49.3 Å². The third-order valence-corrected chi connectivity index (χ3v) is 1.97. The molecule has 92 valence electrons. The number of carbonyl (C=O) groups excluding carboxylic acids is 1. The number of hydrogen-bond donors (Lipinski definition) is 2. The first kappa shape index (κ1) is 14.9. The van der Waals surface area contributed by atoms with Crippen LogP contribution in [0, 0.1) is 5.41 Å². The Hall–Kier alpha value is -1.09. The van der Waals surface area contributed by atoms with Crippen molar-refractivity contribution in [1.82, 2.24) is 5.32 Å². The molecule has 0 saturated carbocycles. The van der Waals surface area contributed by atoms with Gasteiger partial charge < -0.3 is 10.4 Å². The molecule has 1 amide bonds. The van der Waals surface area contributed by atoms with Crippen molar-refractivity contribution in [3.63, 3.8) is 0 Å². The Morgan fingerprint density at radius 3 is 2.25 bits per heavy atom. The molecule has 1 atom stereocenters. The monoisotopic (exact) mass is 225 g/mol. The van der Waals surface area contributed by atoms with Gasteiger partial charge in [-0.15, -0.1) is 0 Å². The predicted molar refractivity (Wildman–Crippen MR) is 67.0 cm³/mol. The molecule has 0 heterocycles. The summed E-state index contributed by atoms with van der Waals surface area (Å²) in [6.07, 6.45) is 5.94. The van der Waals surface area contributed by atoms with Crippen LogP contribution in [0.2, 0.25) is 0 Å². The molecule has 0 rings (SSSR count). The number of rotatable bonds is 4. The summed E-state index contributed by atoms with van der Waals surface area (Å²) in [6.45, 7) is 9.68. The fourth-order valence-electron chi connectivity index (χ4n) is 0.934. The van der Waals surface area contributed by atoms with Gasteiger partial charge in [0.15, 0.2) is 0 Å². The molecule has 0 saturated heterocycles. The van der Waals surface area contributed by atoms with Gasteiger partial charge in [0.2, 0.25) is 5.91 Å². The fraction of sp³-hybridized carbons (Fsp3) is 0.615. The minimum Gasteiger partial charge on any atom is -0.388 e. The molecule has 0 aliphatic carbocycles. The lowest BCUT2D eigenvalue weighted by molar-refractivity contribution is -0.116. The number of aliphatic hydroxyl groups excluding tert-OH is 1. The van der Waals surface area contributed by atoms with Gasteiger partial charge in [0.25, 0.3) is 0 Å². The second-order valence-electron chi connectivity index (χ2n) is 5.22. The Balaban J connectivity index is 4.10. The molecule has 0 aromatic heterocycles. The van der Waals surface area contributed by atoms with E-state index < -0.39 is 6.10 Å². The number of aliphatic hydroxyl groups is 1. The van der Waals surface area contributed by atoms with Crippen molar-refractivity contribution in [3.8, 4) is 0 Å². The van der Waals surface area contributed by atoms with Gasteiger partial charge in [-0.1, -0.05) is 39.0 Å². The maximum atomic E-state index is 11.2. The minimum absolute atomic E-state index is 0.120. The van der Waals surface area contributed by atoms with Crippen LogP contribution in [0.5, 0.6) is 0 Å². The molecule has 1 unspecified atom stereocenters. The maximum Gasteiger partial charge on any atom is 0.244 e. The van der Waals surface area contributed by atoms with Crippen LogP contribution in [0.4, 0.5) is 0 Å². The zero-order chi connectivity index (χ0) is 12.8. The van der Waals surface area contributed by atoms with E-state index in [0.29, 0.717) is 0 Å². The van der Waals surface area contributed by atoms with Crippen LogP contribution in [0.25, 0.3) is 0 Å². The van der Waals surface area contributed by atoms with Crippen molar-refractivity contribution >= 4 is 5.91 Å². The van der Waals surface area contributed by atoms with E-state index in [1.807, 2.05) is 34.6 Å². The van der Waals surface area contributed by atoms with Gasteiger partial charge in [-0.3, -0.25) is 4.79 Å². The van der Waals surface area contributed by atoms with Gasteiger partial charge in [-0.25, -0.2) is 0 Å². The fourth-order valence-corrected chi connectivity index (χ4v) is 0.934. The highest BCUT2D eigenvalue weighted by atomic mass is 16.3. The number of nitrogens with one attached hydrogen (secondary N) is 1. The summed E-state index contributed by atoms with van der Waals surface area (Å²) in [6, 6.07) is 0.140. The van der Waals surface area contributed by atoms with E-state index in [1.54, 1.807) is 18.2 Å². The second kappa shape index (κ2) is 6.48. The molecule has 16 heavy (non-hydrogen) atoms. The van der Waals surface area contributed by atoms with Gasteiger partial charge in [-0.2, -0.15) is 0 Å². The van der Waals surface area contributed by atoms with E-state index in [4.69, 9.17) is 0 Å². The number of hydrogen-bond acceptors (Lipinski definition) is 2. The average molecular weight is 225 g/mol. The molecule has 0 bridgehead atoms. The standard InChI is InChI=1S/C13H23NO2/c1-10(2)14-12(16)9-7-6-8-11(15)13(3,4)5/h6-11,15H,1-5H3,(H,14,16)/b8-6+,9-7+. The lowest BCUT2D eigenvalue weighted by Crippen LogP contribution is -2.28. The molecule has 0 aliphatic heterocycles. The smallest absolute Gasteiger partial charge is 0.244 e. The number of allylic oxidation sites excluding steroid dienone is 2. The third kappa shape index (κ3) is 7.23. The van der Waals surface area contributed by atoms with Crippen LogP contribution in [0.3, 0.4) is 0 Å². The predicted octanol–water partition coefficient (Wildman–Crippen LogP) is 2.03. The van der Waals surface area contributed by atoms with Gasteiger partial charge in [0, 0.05) is 12.1 Å². The summed E-state index contributed by atoms with van der Waals surface area (Å²) in [5.41, 5.74) is -0.176. The summed E-state index contributed by atoms with van der Waals surface area (Å²) in [5.74, 6) is -0.120. The van der Waals surface area contributed by atoms with Crippen LogP contribution >= 0.6 is 0 Å². The molecular formula is C13H23NO2. The van der Waals surface area contributed by atoms with E-state index in [0.717, 1.165) is 0 Å². The van der Waals surface area contributed by atoms with Crippen molar-refractivity contribution in [2.45, 2.75) is 46.8 Å². The van der Waals surface area contributed by atoms with Crippen LogP contribution in [-0.4, -0.2) is 23.2 Å². The Labute approximate surface area is 98.2 Å². The van der Waals surface area contributed by atoms with Crippen molar-refractivity contribution < 1.29 is 9.90 Å². The molecule has 0 aliphatic rings. The lowest BCUT2D eigenvalue weighted by Gasteiger charge is -2.22. The maximum absolute atomic E-state index is 11.2. The molecule has 0 aromatic rings. The molecule has 0 aromatic carbocycles. The largest absolute Gasteiger partial charge is 0.388 e. The van der Waals surface area contributed by atoms with Crippen molar-refractivity contribution in [1.29, 1.82) is 0 Å². The van der Waals surface area contributed by atoms with Gasteiger partial charge in [0.1, 0.15) is 0 Å². The highest BCUT2D eigenvalue weighted by Crippen LogP contribution is 2.19. The zero-order valence-electron chi connectivity index (χ0n) is 10.8. The molecule has 0 radical (unpaired) electrons. The van der Waals surface area contributed by atoms with E-state index in [1.165, 1.54) is 6.08 Å². The first-order valence-electron chi connectivity index (χ1n) is 5.57. The van der Waals surface area contributed by atoms with Crippen molar-refractivity contribution in [3.05, 3.63) is 24.3 Å². The highest BCUT2D eigenvalue weighted by molar-refractivity contribution is 5.87. The summed E-state index contributed by atoms with van der Waals surface area (Å²) < 4.78 is 0. The lowest BCUT2D eigenvalue weighted by atomic mass is 9.89. The molecular weight excluding hydrogens is 202 g/mol. The summed E-state index contributed by atoms with van der Waals surface area (Å²) in [4.78, 5) is 11.2. The molecule has 3 nitrogen and oxygen atoms in total. The molecule has 3 heteroatoms. The molecule has 0 spiro atoms. The summed E-state index contributed by atoms with van der Waals surface area (Å²) in [7, 11) is 0. The van der Waals surface area contributed by atoms with Gasteiger partial charge >= 0.3 is 0 Å². The van der Waals surface area contributed by atoms with Gasteiger partial charge in [0.05, 0.1) is 6.10 Å². The number of amides is 1. The van der Waals surface area contributed by atoms with E-state index >= 15 is 0 Å². The second-order valence-corrected chi connectivity index (χ2v) is 5.22. The van der Waals surface area contributed by atoms with E-state index in [2.05, 4.69) is 5.32 Å². The van der Waals surface area contributed by atoms with E-state index in [9.17, 15) is 9.90 Å². The normalized spacial score (nSPS) is 14.9. The first-order chi connectivity index (χ1) is 7.23. The van der Waals surface area contributed by atoms with E-state index in [-0.39, 0.29) is 17.4 Å². The minimum atomic E-state index is -0.509. The van der Waals surface area contributed by atoms with Crippen molar-refractivity contribution in [2.75, 3.05) is 0 Å². The van der Waals surface area contributed by atoms with Crippen molar-refractivity contribution in [2.24, 2.45) is 5.41 Å². The highest BCUT2D eigenvalue weighted by Gasteiger charge is 2.18. The average Bonchev–Trinajstić information content (AvgIpc) is 2.09. The molecule has 2 N–H and O–H groups in total. The quantitative estimate of drug-likeness (QED) is 0.568. The summed E-state index contributed by atoms with van der Waals surface area (Å²) >= 11 is 0. The first-order valence-corrected chi connectivity index (χ1v) is 5.57. The third-order valence-electron chi connectivity index (χ3n) is 1.97. The zero-order valence-corrected chi connectivity index (χ0v) is 10.8. The summed E-state index contributed by atoms with van der Waals surface area (Å²) in [5, 5.41) is 12.4. The molecule has 0 fully saturated rings. The SMILES string of the molecule is CC(C)NC(=O)/C=C/C=C/C(O)C(C)(C)C. The van der Waals surface area contributed by atoms with Gasteiger partial charge in [-0.05, 0) is 19.3 Å². The Kier molecular flexibility index (Phi) is 6.04. The van der Waals surface area contributed by atoms with Crippen LogP contribution in [0.1, 0.15) is 34.6 Å². The van der Waals surface area contributed by atoms with Crippen LogP contribution in [0.15, 0.2) is 24.3 Å². The Morgan fingerprint density at radius 2 is 1.81 bits per heavy atom. The Morgan fingerprint density at radius 1 is 1.25 bits per heavy atom. The Bertz CT molecular complexity index is 272. The number of carbonyl (C=O) groups is 1. The van der Waals surface area contributed by atoms with Crippen LogP contribution < -0.4 is 5.32 Å². The van der Waals surface area contributed by atoms with Crippen LogP contribution in [-0.2, 0) is 4.79 Å².